The largest absolute Gasteiger partial charge is 0.471 e. The second kappa shape index (κ2) is 8.75. The number of rotatable bonds is 7. The van der Waals surface area contributed by atoms with Crippen molar-refractivity contribution in [2.75, 3.05) is 12.4 Å². The monoisotopic (exact) mass is 496 g/mol. The van der Waals surface area contributed by atoms with E-state index in [4.69, 9.17) is 0 Å². The summed E-state index contributed by atoms with van der Waals surface area (Å²) in [7, 11) is -4.23. The molecule has 2 aromatic rings. The Kier molecular flexibility index (Phi) is 7.02. The molecule has 178 valence electrons. The number of aromatic nitrogens is 2. The molecular formula is C17H13F9N2O3S. The summed E-state index contributed by atoms with van der Waals surface area (Å²) in [5.41, 5.74) is -2.02. The summed E-state index contributed by atoms with van der Waals surface area (Å²) >= 11 is 0. The first kappa shape index (κ1) is 25.7. The molecule has 0 aliphatic rings. The summed E-state index contributed by atoms with van der Waals surface area (Å²) in [6.45, 7) is -0.902. The van der Waals surface area contributed by atoms with Gasteiger partial charge in [-0.2, -0.15) is 35.1 Å². The molecule has 1 atom stereocenters. The summed E-state index contributed by atoms with van der Waals surface area (Å²) in [5, 5.41) is 0. The van der Waals surface area contributed by atoms with E-state index in [1.165, 1.54) is 6.92 Å². The van der Waals surface area contributed by atoms with E-state index in [1.54, 1.807) is 0 Å². The van der Waals surface area contributed by atoms with E-state index in [2.05, 4.69) is 14.7 Å². The van der Waals surface area contributed by atoms with Crippen LogP contribution in [-0.2, 0) is 16.0 Å². The van der Waals surface area contributed by atoms with E-state index < -0.39 is 63.0 Å². The minimum atomic E-state index is -5.85. The lowest BCUT2D eigenvalue weighted by molar-refractivity contribution is -0.250. The molecule has 5 nitrogen and oxygen atoms in total. The standard InChI is InChI=1S/C17H13F9N2O3S/c1-2-32(29,30)12-5-9(16(21,22)23)3-4-10(12)11-6-13(28-8-27-11)31-7-15(19,20)14(18)17(24,25)26/h3-6,8,14H,2,7H2,1H3. The van der Waals surface area contributed by atoms with Crippen LogP contribution in [0.1, 0.15) is 12.5 Å². The first-order chi connectivity index (χ1) is 14.5. The van der Waals surface area contributed by atoms with Crippen LogP contribution in [0.5, 0.6) is 5.88 Å². The second-order valence-electron chi connectivity index (χ2n) is 6.31. The van der Waals surface area contributed by atoms with Crippen LogP contribution in [0.3, 0.4) is 0 Å². The van der Waals surface area contributed by atoms with Crippen LogP contribution in [-0.4, -0.2) is 49.0 Å². The maximum atomic E-state index is 13.4. The molecular weight excluding hydrogens is 483 g/mol. The first-order valence-electron chi connectivity index (χ1n) is 8.47. The highest BCUT2D eigenvalue weighted by molar-refractivity contribution is 7.91. The van der Waals surface area contributed by atoms with Crippen molar-refractivity contribution in [1.82, 2.24) is 9.97 Å². The molecule has 1 aromatic heterocycles. The number of halogens is 9. The van der Waals surface area contributed by atoms with Crippen molar-refractivity contribution in [3.63, 3.8) is 0 Å². The maximum Gasteiger partial charge on any atom is 0.425 e. The highest BCUT2D eigenvalue weighted by atomic mass is 32.2. The van der Waals surface area contributed by atoms with Gasteiger partial charge in [0, 0.05) is 11.6 Å². The lowest BCUT2D eigenvalue weighted by atomic mass is 10.1. The third-order valence-corrected chi connectivity index (χ3v) is 5.78. The van der Waals surface area contributed by atoms with E-state index in [9.17, 15) is 47.9 Å². The average molecular weight is 496 g/mol. The van der Waals surface area contributed by atoms with Crippen LogP contribution in [0.4, 0.5) is 39.5 Å². The minimum absolute atomic E-state index is 0.363. The molecule has 0 saturated heterocycles. The molecule has 1 heterocycles. The molecule has 32 heavy (non-hydrogen) atoms. The quantitative estimate of drug-likeness (QED) is 0.512. The van der Waals surface area contributed by atoms with Gasteiger partial charge in [0.2, 0.25) is 5.88 Å². The molecule has 0 amide bonds. The van der Waals surface area contributed by atoms with Crippen molar-refractivity contribution in [2.24, 2.45) is 0 Å². The van der Waals surface area contributed by atoms with Crippen LogP contribution in [0.25, 0.3) is 11.3 Å². The Balaban J connectivity index is 2.44. The van der Waals surface area contributed by atoms with Crippen molar-refractivity contribution >= 4 is 9.84 Å². The van der Waals surface area contributed by atoms with Gasteiger partial charge in [-0.15, -0.1) is 0 Å². The van der Waals surface area contributed by atoms with Crippen LogP contribution < -0.4 is 4.74 Å². The Morgan fingerprint density at radius 1 is 1.00 bits per heavy atom. The fourth-order valence-electron chi connectivity index (χ4n) is 2.37. The Bertz CT molecular complexity index is 1070. The van der Waals surface area contributed by atoms with Crippen LogP contribution in [0.2, 0.25) is 0 Å². The van der Waals surface area contributed by atoms with Crippen LogP contribution in [0.15, 0.2) is 35.5 Å². The topological polar surface area (TPSA) is 69.2 Å². The number of nitrogens with zero attached hydrogens (tertiary/aromatic N) is 2. The van der Waals surface area contributed by atoms with E-state index in [-0.39, 0.29) is 11.3 Å². The lowest BCUT2D eigenvalue weighted by Gasteiger charge is -2.22. The molecule has 1 unspecified atom stereocenters. The zero-order chi connectivity index (χ0) is 24.5. The van der Waals surface area contributed by atoms with E-state index in [0.29, 0.717) is 24.5 Å². The fourth-order valence-corrected chi connectivity index (χ4v) is 3.50. The Morgan fingerprint density at radius 2 is 1.62 bits per heavy atom. The number of ether oxygens (including phenoxy) is 1. The second-order valence-corrected chi connectivity index (χ2v) is 8.55. The summed E-state index contributed by atoms with van der Waals surface area (Å²) in [5.74, 6) is -6.35. The van der Waals surface area contributed by atoms with E-state index >= 15 is 0 Å². The average Bonchev–Trinajstić information content (AvgIpc) is 2.70. The number of hydrogen-bond donors (Lipinski definition) is 0. The number of hydrogen-bond acceptors (Lipinski definition) is 5. The highest BCUT2D eigenvalue weighted by Gasteiger charge is 2.57. The summed E-state index contributed by atoms with van der Waals surface area (Å²) in [4.78, 5) is 6.24. The molecule has 0 aliphatic carbocycles. The third kappa shape index (κ3) is 5.81. The Hall–Kier alpha value is -2.58. The van der Waals surface area contributed by atoms with Crippen molar-refractivity contribution in [3.8, 4) is 17.1 Å². The summed E-state index contributed by atoms with van der Waals surface area (Å²) < 4.78 is 144. The molecule has 0 aliphatic heterocycles. The van der Waals surface area contributed by atoms with Gasteiger partial charge >= 0.3 is 18.3 Å². The SMILES string of the molecule is CCS(=O)(=O)c1cc(C(F)(F)F)ccc1-c1cc(OCC(F)(F)C(F)C(F)(F)F)ncn1. The molecule has 0 saturated carbocycles. The molecule has 2 rings (SSSR count). The van der Waals surface area contributed by atoms with Gasteiger partial charge in [0.15, 0.2) is 16.4 Å². The molecule has 0 spiro atoms. The van der Waals surface area contributed by atoms with Gasteiger partial charge in [0.05, 0.1) is 21.9 Å². The summed E-state index contributed by atoms with van der Waals surface area (Å²) in [6, 6.07) is 2.40. The van der Waals surface area contributed by atoms with E-state index in [1.807, 2.05) is 0 Å². The normalized spacial score (nSPS) is 14.3. The molecule has 0 radical (unpaired) electrons. The van der Waals surface area contributed by atoms with Gasteiger partial charge in [0.25, 0.3) is 6.17 Å². The van der Waals surface area contributed by atoms with Crippen molar-refractivity contribution < 1.29 is 52.7 Å². The molecule has 0 fully saturated rings. The lowest BCUT2D eigenvalue weighted by Crippen LogP contribution is -2.45. The van der Waals surface area contributed by atoms with Gasteiger partial charge in [-0.3, -0.25) is 0 Å². The zero-order valence-electron chi connectivity index (χ0n) is 15.8. The smallest absolute Gasteiger partial charge is 0.425 e. The van der Waals surface area contributed by atoms with Gasteiger partial charge in [0.1, 0.15) is 6.33 Å². The maximum absolute atomic E-state index is 13.4. The number of alkyl halides is 9. The molecule has 0 N–H and O–H groups in total. The molecule has 1 aromatic carbocycles. The predicted molar refractivity (Wildman–Crippen MR) is 91.6 cm³/mol. The Morgan fingerprint density at radius 3 is 2.16 bits per heavy atom. The summed E-state index contributed by atoms with van der Waals surface area (Å²) in [6.07, 6.45) is -14.6. The molecule has 0 bridgehead atoms. The van der Waals surface area contributed by atoms with Crippen molar-refractivity contribution in [2.45, 2.75) is 36.3 Å². The Labute approximate surface area is 175 Å². The van der Waals surface area contributed by atoms with Crippen molar-refractivity contribution in [3.05, 3.63) is 36.2 Å². The van der Waals surface area contributed by atoms with Gasteiger partial charge < -0.3 is 4.74 Å². The minimum Gasteiger partial charge on any atom is -0.471 e. The fraction of sp³-hybridized carbons (Fsp3) is 0.412. The molecule has 15 heteroatoms. The van der Waals surface area contributed by atoms with Gasteiger partial charge in [-0.1, -0.05) is 13.0 Å². The van der Waals surface area contributed by atoms with Crippen molar-refractivity contribution in [1.29, 1.82) is 0 Å². The number of sulfone groups is 1. The number of benzene rings is 1. The van der Waals surface area contributed by atoms with E-state index in [0.717, 1.165) is 6.07 Å². The zero-order valence-corrected chi connectivity index (χ0v) is 16.6. The van der Waals surface area contributed by atoms with Crippen LogP contribution in [0, 0.1) is 0 Å². The van der Waals surface area contributed by atoms with Gasteiger partial charge in [-0.25, -0.2) is 22.8 Å². The highest BCUT2D eigenvalue weighted by Crippen LogP contribution is 2.37. The predicted octanol–water partition coefficient (Wildman–Crippen LogP) is 4.87. The first-order valence-corrected chi connectivity index (χ1v) is 10.1. The third-order valence-electron chi connectivity index (χ3n) is 4.01. The van der Waals surface area contributed by atoms with Gasteiger partial charge in [-0.05, 0) is 12.1 Å². The van der Waals surface area contributed by atoms with Crippen LogP contribution >= 0.6 is 0 Å².